The minimum Gasteiger partial charge on any atom is -0.461 e. The lowest BCUT2D eigenvalue weighted by molar-refractivity contribution is -0.164. The Morgan fingerprint density at radius 3 is 2.43 bits per heavy atom. The standard InChI is InChI=1S/C16H15Br3Cl2O2/c1-16(2)9(5-14(20)21)4-10(16)15(22)23-7-8-3-12(18)13(19)6-11(8)17/h3,5-6,9-10H,4,7H2,1-2H3. The maximum absolute atomic E-state index is 12.4. The Morgan fingerprint density at radius 2 is 1.87 bits per heavy atom. The summed E-state index contributed by atoms with van der Waals surface area (Å²) >= 11 is 21.8. The van der Waals surface area contributed by atoms with Gasteiger partial charge in [0.05, 0.1) is 5.92 Å². The second kappa shape index (κ2) is 7.77. The van der Waals surface area contributed by atoms with E-state index in [1.807, 2.05) is 26.0 Å². The number of allylic oxidation sites excluding steroid dienone is 1. The molecule has 1 aromatic carbocycles. The van der Waals surface area contributed by atoms with Crippen LogP contribution in [0.25, 0.3) is 0 Å². The molecule has 0 amide bonds. The molecule has 0 heterocycles. The summed E-state index contributed by atoms with van der Waals surface area (Å²) in [5, 5.41) is 0. The molecule has 2 rings (SSSR count). The average Bonchev–Trinajstić information content (AvgIpc) is 2.45. The van der Waals surface area contributed by atoms with Crippen molar-refractivity contribution >= 4 is 77.0 Å². The third-order valence-corrected chi connectivity index (χ3v) is 7.25. The van der Waals surface area contributed by atoms with Crippen molar-refractivity contribution in [1.82, 2.24) is 0 Å². The van der Waals surface area contributed by atoms with Gasteiger partial charge in [0, 0.05) is 19.0 Å². The quantitative estimate of drug-likeness (QED) is 0.299. The highest BCUT2D eigenvalue weighted by atomic mass is 79.9. The lowest BCUT2D eigenvalue weighted by atomic mass is 9.55. The fraction of sp³-hybridized carbons (Fsp3) is 0.438. The Labute approximate surface area is 171 Å². The molecule has 2 nitrogen and oxygen atoms in total. The van der Waals surface area contributed by atoms with Crippen LogP contribution in [-0.2, 0) is 16.1 Å². The second-order valence-electron chi connectivity index (χ2n) is 6.14. The van der Waals surface area contributed by atoms with Crippen molar-refractivity contribution in [2.45, 2.75) is 26.9 Å². The SMILES string of the molecule is CC1(C)C(C=C(Cl)Cl)CC1C(=O)OCc1cc(Br)c(Br)cc1Br. The molecule has 1 aromatic rings. The smallest absolute Gasteiger partial charge is 0.309 e. The van der Waals surface area contributed by atoms with E-state index in [-0.39, 0.29) is 34.3 Å². The normalized spacial score (nSPS) is 22.2. The molecule has 0 saturated heterocycles. The lowest BCUT2D eigenvalue weighted by Crippen LogP contribution is -2.48. The summed E-state index contributed by atoms with van der Waals surface area (Å²) < 4.78 is 8.50. The summed E-state index contributed by atoms with van der Waals surface area (Å²) in [6.45, 7) is 4.30. The Balaban J connectivity index is 1.99. The van der Waals surface area contributed by atoms with Crippen molar-refractivity contribution in [1.29, 1.82) is 0 Å². The fourth-order valence-corrected chi connectivity index (χ4v) is 4.52. The maximum atomic E-state index is 12.4. The van der Waals surface area contributed by atoms with Gasteiger partial charge in [0.2, 0.25) is 0 Å². The van der Waals surface area contributed by atoms with E-state index in [9.17, 15) is 4.79 Å². The average molecular weight is 550 g/mol. The van der Waals surface area contributed by atoms with Crippen LogP contribution in [0.4, 0.5) is 0 Å². The van der Waals surface area contributed by atoms with Crippen molar-refractivity contribution < 1.29 is 9.53 Å². The van der Waals surface area contributed by atoms with Crippen molar-refractivity contribution in [3.8, 4) is 0 Å². The number of benzene rings is 1. The zero-order valence-electron chi connectivity index (χ0n) is 12.5. The summed E-state index contributed by atoms with van der Waals surface area (Å²) in [7, 11) is 0. The summed E-state index contributed by atoms with van der Waals surface area (Å²) in [4.78, 5) is 12.4. The third kappa shape index (κ3) is 4.55. The molecular weight excluding hydrogens is 535 g/mol. The summed E-state index contributed by atoms with van der Waals surface area (Å²) in [6.07, 6.45) is 2.51. The zero-order valence-corrected chi connectivity index (χ0v) is 18.8. The number of hydrogen-bond donors (Lipinski definition) is 0. The number of hydrogen-bond acceptors (Lipinski definition) is 2. The highest BCUT2D eigenvalue weighted by Crippen LogP contribution is 2.53. The molecule has 2 atom stereocenters. The first kappa shape index (κ1) is 19.8. The summed E-state index contributed by atoms with van der Waals surface area (Å²) in [5.74, 6) is -0.135. The Hall–Kier alpha value is 0.450. The van der Waals surface area contributed by atoms with Gasteiger partial charge < -0.3 is 4.74 Å². The summed E-state index contributed by atoms with van der Waals surface area (Å²) in [6, 6.07) is 3.84. The van der Waals surface area contributed by atoms with E-state index >= 15 is 0 Å². The Bertz CT molecular complexity index is 655. The summed E-state index contributed by atoms with van der Waals surface area (Å²) in [5.41, 5.74) is 0.703. The van der Waals surface area contributed by atoms with Crippen LogP contribution in [0.1, 0.15) is 25.8 Å². The first-order valence-corrected chi connectivity index (χ1v) is 10.1. The third-order valence-electron chi connectivity index (χ3n) is 4.41. The molecule has 126 valence electrons. The molecule has 23 heavy (non-hydrogen) atoms. The van der Waals surface area contributed by atoms with Gasteiger partial charge in [-0.3, -0.25) is 4.79 Å². The van der Waals surface area contributed by atoms with Gasteiger partial charge in [0.1, 0.15) is 11.1 Å². The molecule has 1 aliphatic carbocycles. The highest BCUT2D eigenvalue weighted by Gasteiger charge is 2.51. The van der Waals surface area contributed by atoms with Gasteiger partial charge in [-0.1, -0.05) is 59.1 Å². The number of carbonyl (C=O) groups is 1. The van der Waals surface area contributed by atoms with E-state index in [4.69, 9.17) is 27.9 Å². The first-order chi connectivity index (χ1) is 10.6. The Morgan fingerprint density at radius 1 is 1.26 bits per heavy atom. The van der Waals surface area contributed by atoms with E-state index in [1.54, 1.807) is 6.08 Å². The van der Waals surface area contributed by atoms with Gasteiger partial charge in [0.15, 0.2) is 0 Å². The van der Waals surface area contributed by atoms with Crippen molar-refractivity contribution in [2.75, 3.05) is 0 Å². The van der Waals surface area contributed by atoms with Crippen LogP contribution < -0.4 is 0 Å². The molecule has 1 fully saturated rings. The van der Waals surface area contributed by atoms with Crippen LogP contribution in [0.15, 0.2) is 36.1 Å². The first-order valence-electron chi connectivity index (χ1n) is 6.95. The van der Waals surface area contributed by atoms with Crippen molar-refractivity contribution in [2.24, 2.45) is 17.3 Å². The zero-order chi connectivity index (χ0) is 17.4. The van der Waals surface area contributed by atoms with Crippen LogP contribution in [0.3, 0.4) is 0 Å². The van der Waals surface area contributed by atoms with Crippen LogP contribution >= 0.6 is 71.0 Å². The number of rotatable bonds is 4. The maximum Gasteiger partial charge on any atom is 0.309 e. The predicted octanol–water partition coefficient (Wildman–Crippen LogP) is 7.00. The molecule has 7 heteroatoms. The molecular formula is C16H15Br3Cl2O2. The highest BCUT2D eigenvalue weighted by molar-refractivity contribution is 9.13. The van der Waals surface area contributed by atoms with Crippen molar-refractivity contribution in [3.63, 3.8) is 0 Å². The van der Waals surface area contributed by atoms with Gasteiger partial charge in [-0.15, -0.1) is 0 Å². The largest absolute Gasteiger partial charge is 0.461 e. The molecule has 0 N–H and O–H groups in total. The Kier molecular flexibility index (Phi) is 6.68. The molecule has 0 bridgehead atoms. The van der Waals surface area contributed by atoms with Gasteiger partial charge in [-0.25, -0.2) is 0 Å². The van der Waals surface area contributed by atoms with Gasteiger partial charge >= 0.3 is 5.97 Å². The van der Waals surface area contributed by atoms with E-state index in [1.165, 1.54) is 0 Å². The van der Waals surface area contributed by atoms with Gasteiger partial charge in [-0.2, -0.15) is 0 Å². The molecule has 2 unspecified atom stereocenters. The topological polar surface area (TPSA) is 26.3 Å². The predicted molar refractivity (Wildman–Crippen MR) is 105 cm³/mol. The molecule has 0 aliphatic heterocycles. The molecule has 0 aromatic heterocycles. The van der Waals surface area contributed by atoms with Gasteiger partial charge in [0.25, 0.3) is 0 Å². The van der Waals surface area contributed by atoms with Crippen LogP contribution in [0, 0.1) is 17.3 Å². The van der Waals surface area contributed by atoms with Crippen LogP contribution in [0.5, 0.6) is 0 Å². The number of ether oxygens (including phenoxy) is 1. The lowest BCUT2D eigenvalue weighted by Gasteiger charge is -2.49. The number of halogens is 5. The van der Waals surface area contributed by atoms with Crippen LogP contribution in [-0.4, -0.2) is 5.97 Å². The van der Waals surface area contributed by atoms with E-state index in [0.29, 0.717) is 6.42 Å². The van der Waals surface area contributed by atoms with E-state index < -0.39 is 0 Å². The minimum absolute atomic E-state index is 0.144. The monoisotopic (exact) mass is 546 g/mol. The van der Waals surface area contributed by atoms with E-state index in [0.717, 1.165) is 19.0 Å². The van der Waals surface area contributed by atoms with E-state index in [2.05, 4.69) is 47.8 Å². The number of esters is 1. The molecule has 0 spiro atoms. The van der Waals surface area contributed by atoms with Gasteiger partial charge in [-0.05, 0) is 61.7 Å². The number of carbonyl (C=O) groups excluding carboxylic acids is 1. The fourth-order valence-electron chi connectivity index (χ4n) is 2.72. The molecule has 1 saturated carbocycles. The van der Waals surface area contributed by atoms with Crippen LogP contribution in [0.2, 0.25) is 0 Å². The minimum atomic E-state index is -0.205. The van der Waals surface area contributed by atoms with Crippen molar-refractivity contribution in [3.05, 3.63) is 41.7 Å². The molecule has 1 aliphatic rings. The molecule has 0 radical (unpaired) electrons. The second-order valence-corrected chi connectivity index (χ2v) is 9.71.